The Kier molecular flexibility index (Phi) is 7.41. The zero-order valence-corrected chi connectivity index (χ0v) is 13.5. The van der Waals surface area contributed by atoms with Crippen LogP contribution in [0.25, 0.3) is 0 Å². The van der Waals surface area contributed by atoms with E-state index in [4.69, 9.17) is 5.73 Å². The monoisotopic (exact) mass is 314 g/mol. The van der Waals surface area contributed by atoms with Crippen LogP contribution in [0.15, 0.2) is 35.2 Å². The number of nitrogens with two attached hydrogens (primary N) is 1. The molecular formula is C15H23ClN2OS. The first-order chi connectivity index (χ1) is 9.20. The highest BCUT2D eigenvalue weighted by Crippen LogP contribution is 2.24. The molecule has 1 amide bonds. The van der Waals surface area contributed by atoms with E-state index in [9.17, 15) is 4.79 Å². The predicted octanol–water partition coefficient (Wildman–Crippen LogP) is 2.79. The Hall–Kier alpha value is -0.710. The Morgan fingerprint density at radius 1 is 1.40 bits per heavy atom. The molecule has 2 rings (SSSR count). The number of carbonyl (C=O) groups excluding carboxylic acids is 1. The maximum absolute atomic E-state index is 12.3. The number of hydrogen-bond donors (Lipinski definition) is 1. The first-order valence-electron chi connectivity index (χ1n) is 6.88. The molecule has 2 N–H and O–H groups in total. The Labute approximate surface area is 131 Å². The van der Waals surface area contributed by atoms with E-state index in [1.807, 2.05) is 35.2 Å². The number of amides is 1. The van der Waals surface area contributed by atoms with Crippen LogP contribution in [0, 0.1) is 5.92 Å². The summed E-state index contributed by atoms with van der Waals surface area (Å²) in [6.45, 7) is 3.67. The Balaban J connectivity index is 0.00000200. The molecule has 0 radical (unpaired) electrons. The zero-order valence-electron chi connectivity index (χ0n) is 11.8. The number of benzene rings is 1. The van der Waals surface area contributed by atoms with Crippen molar-refractivity contribution in [3.05, 3.63) is 30.3 Å². The molecule has 2 atom stereocenters. The molecule has 0 saturated carbocycles. The van der Waals surface area contributed by atoms with Crippen LogP contribution >= 0.6 is 24.2 Å². The third-order valence-electron chi connectivity index (χ3n) is 3.68. The molecule has 0 spiro atoms. The van der Waals surface area contributed by atoms with Crippen LogP contribution in [-0.2, 0) is 4.79 Å². The van der Waals surface area contributed by atoms with Gasteiger partial charge in [0.15, 0.2) is 0 Å². The molecule has 0 aromatic heterocycles. The van der Waals surface area contributed by atoms with Crippen molar-refractivity contribution in [1.29, 1.82) is 0 Å². The van der Waals surface area contributed by atoms with E-state index in [1.54, 1.807) is 11.8 Å². The molecular weight excluding hydrogens is 292 g/mol. The van der Waals surface area contributed by atoms with Gasteiger partial charge < -0.3 is 10.6 Å². The fraction of sp³-hybridized carbons (Fsp3) is 0.533. The largest absolute Gasteiger partial charge is 0.338 e. The van der Waals surface area contributed by atoms with Crippen molar-refractivity contribution in [2.24, 2.45) is 11.7 Å². The fourth-order valence-electron chi connectivity index (χ4n) is 2.55. The van der Waals surface area contributed by atoms with Gasteiger partial charge in [0.05, 0.1) is 5.75 Å². The quantitative estimate of drug-likeness (QED) is 0.869. The summed E-state index contributed by atoms with van der Waals surface area (Å²) in [5.74, 6) is 1.41. The van der Waals surface area contributed by atoms with E-state index < -0.39 is 0 Å². The van der Waals surface area contributed by atoms with Crippen LogP contribution in [0.3, 0.4) is 0 Å². The van der Waals surface area contributed by atoms with Crippen molar-refractivity contribution in [1.82, 2.24) is 4.90 Å². The normalized spacial score (nSPS) is 22.2. The highest BCUT2D eigenvalue weighted by molar-refractivity contribution is 8.00. The lowest BCUT2D eigenvalue weighted by Gasteiger charge is -2.38. The SMILES string of the molecule is CC1CCN(C(=O)CSc2ccccc2)C(CN)C1.Cl. The average Bonchev–Trinajstić information content (AvgIpc) is 2.45. The van der Waals surface area contributed by atoms with Crippen LogP contribution in [0.5, 0.6) is 0 Å². The van der Waals surface area contributed by atoms with Gasteiger partial charge >= 0.3 is 0 Å². The lowest BCUT2D eigenvalue weighted by Crippen LogP contribution is -2.49. The van der Waals surface area contributed by atoms with Gasteiger partial charge in [-0.2, -0.15) is 0 Å². The molecule has 0 aliphatic carbocycles. The van der Waals surface area contributed by atoms with E-state index in [0.717, 1.165) is 24.3 Å². The number of halogens is 1. The van der Waals surface area contributed by atoms with Crippen LogP contribution in [0.4, 0.5) is 0 Å². The molecule has 112 valence electrons. The number of hydrogen-bond acceptors (Lipinski definition) is 3. The summed E-state index contributed by atoms with van der Waals surface area (Å²) in [6.07, 6.45) is 2.14. The number of thioether (sulfide) groups is 1. The number of piperidine rings is 1. The van der Waals surface area contributed by atoms with E-state index in [0.29, 0.717) is 18.2 Å². The van der Waals surface area contributed by atoms with Gasteiger partial charge in [0.1, 0.15) is 0 Å². The second-order valence-corrected chi connectivity index (χ2v) is 6.26. The summed E-state index contributed by atoms with van der Waals surface area (Å²) in [7, 11) is 0. The Morgan fingerprint density at radius 3 is 2.75 bits per heavy atom. The molecule has 1 saturated heterocycles. The second kappa shape index (κ2) is 8.55. The molecule has 5 heteroatoms. The van der Waals surface area contributed by atoms with Crippen LogP contribution in [0.1, 0.15) is 19.8 Å². The second-order valence-electron chi connectivity index (χ2n) is 5.21. The van der Waals surface area contributed by atoms with Crippen LogP contribution < -0.4 is 5.73 Å². The van der Waals surface area contributed by atoms with Gasteiger partial charge in [-0.25, -0.2) is 0 Å². The number of rotatable bonds is 4. The number of likely N-dealkylation sites (tertiary alicyclic amines) is 1. The highest BCUT2D eigenvalue weighted by atomic mass is 35.5. The van der Waals surface area contributed by atoms with Crippen LogP contribution in [-0.4, -0.2) is 35.7 Å². The third-order valence-corrected chi connectivity index (χ3v) is 4.67. The summed E-state index contributed by atoms with van der Waals surface area (Å²) in [4.78, 5) is 15.4. The van der Waals surface area contributed by atoms with Gasteiger partial charge in [0.25, 0.3) is 0 Å². The first kappa shape index (κ1) is 17.3. The fourth-order valence-corrected chi connectivity index (χ4v) is 3.35. The maximum atomic E-state index is 12.3. The van der Waals surface area contributed by atoms with Gasteiger partial charge in [0.2, 0.25) is 5.91 Å². The van der Waals surface area contributed by atoms with Crippen molar-refractivity contribution in [3.63, 3.8) is 0 Å². The number of nitrogens with zero attached hydrogens (tertiary/aromatic N) is 1. The van der Waals surface area contributed by atoms with Crippen molar-refractivity contribution in [2.75, 3.05) is 18.8 Å². The first-order valence-corrected chi connectivity index (χ1v) is 7.86. The summed E-state index contributed by atoms with van der Waals surface area (Å²) in [5.41, 5.74) is 5.80. The minimum absolute atomic E-state index is 0. The molecule has 20 heavy (non-hydrogen) atoms. The molecule has 2 unspecified atom stereocenters. The van der Waals surface area contributed by atoms with Crippen molar-refractivity contribution >= 4 is 30.1 Å². The van der Waals surface area contributed by atoms with E-state index in [-0.39, 0.29) is 24.4 Å². The average molecular weight is 315 g/mol. The van der Waals surface area contributed by atoms with Crippen molar-refractivity contribution in [3.8, 4) is 0 Å². The van der Waals surface area contributed by atoms with Crippen molar-refractivity contribution < 1.29 is 4.79 Å². The van der Waals surface area contributed by atoms with Gasteiger partial charge in [-0.05, 0) is 30.9 Å². The lowest BCUT2D eigenvalue weighted by atomic mass is 9.92. The lowest BCUT2D eigenvalue weighted by molar-refractivity contribution is -0.132. The maximum Gasteiger partial charge on any atom is 0.233 e. The summed E-state index contributed by atoms with van der Waals surface area (Å²) in [5, 5.41) is 0. The Morgan fingerprint density at radius 2 is 2.10 bits per heavy atom. The topological polar surface area (TPSA) is 46.3 Å². The van der Waals surface area contributed by atoms with Gasteiger partial charge in [-0.3, -0.25) is 4.79 Å². The van der Waals surface area contributed by atoms with E-state index >= 15 is 0 Å². The number of carbonyl (C=O) groups is 1. The molecule has 1 aromatic rings. The van der Waals surface area contributed by atoms with E-state index in [1.165, 1.54) is 0 Å². The van der Waals surface area contributed by atoms with E-state index in [2.05, 4.69) is 6.92 Å². The van der Waals surface area contributed by atoms with Crippen LogP contribution in [0.2, 0.25) is 0 Å². The molecule has 1 fully saturated rings. The molecule has 1 aromatic carbocycles. The molecule has 3 nitrogen and oxygen atoms in total. The standard InChI is InChI=1S/C15H22N2OS.ClH/c1-12-7-8-17(13(9-12)10-16)15(18)11-19-14-5-3-2-4-6-14;/h2-6,12-13H,7-11,16H2,1H3;1H. The predicted molar refractivity (Wildman–Crippen MR) is 87.4 cm³/mol. The molecule has 1 aliphatic rings. The summed E-state index contributed by atoms with van der Waals surface area (Å²) < 4.78 is 0. The van der Waals surface area contributed by atoms with Gasteiger partial charge in [-0.15, -0.1) is 24.2 Å². The molecule has 1 heterocycles. The zero-order chi connectivity index (χ0) is 13.7. The molecule has 1 aliphatic heterocycles. The minimum atomic E-state index is 0. The third kappa shape index (κ3) is 4.69. The minimum Gasteiger partial charge on any atom is -0.338 e. The molecule has 0 bridgehead atoms. The highest BCUT2D eigenvalue weighted by Gasteiger charge is 2.28. The van der Waals surface area contributed by atoms with Gasteiger partial charge in [0, 0.05) is 24.0 Å². The summed E-state index contributed by atoms with van der Waals surface area (Å²) >= 11 is 1.60. The smallest absolute Gasteiger partial charge is 0.233 e. The van der Waals surface area contributed by atoms with Crippen molar-refractivity contribution in [2.45, 2.75) is 30.7 Å². The Bertz CT molecular complexity index is 416. The van der Waals surface area contributed by atoms with Gasteiger partial charge in [-0.1, -0.05) is 25.1 Å². The summed E-state index contributed by atoms with van der Waals surface area (Å²) in [6, 6.07) is 10.3.